The van der Waals surface area contributed by atoms with E-state index in [9.17, 15) is 10.1 Å². The molecule has 2 aliphatic heterocycles. The van der Waals surface area contributed by atoms with Crippen molar-refractivity contribution in [2.45, 2.75) is 6.54 Å². The van der Waals surface area contributed by atoms with Crippen LogP contribution >= 0.6 is 0 Å². The average molecular weight is 323 g/mol. The van der Waals surface area contributed by atoms with Gasteiger partial charge in [0.05, 0.1) is 4.92 Å². The largest absolute Gasteiger partial charge is 0.371 e. The van der Waals surface area contributed by atoms with Crippen LogP contribution in [-0.4, -0.2) is 36.0 Å². The van der Waals surface area contributed by atoms with Crippen LogP contribution < -0.4 is 4.90 Å². The number of nitro benzene ring substituents is 1. The number of likely N-dealkylation sites (tertiary alicyclic amines) is 1. The second-order valence-corrected chi connectivity index (χ2v) is 6.88. The van der Waals surface area contributed by atoms with Crippen molar-refractivity contribution in [1.82, 2.24) is 4.90 Å². The number of nitro groups is 1. The number of fused-ring (bicyclic) bond motifs is 1. The predicted molar refractivity (Wildman–Crippen MR) is 94.0 cm³/mol. The van der Waals surface area contributed by atoms with Crippen molar-refractivity contribution >= 4 is 11.4 Å². The van der Waals surface area contributed by atoms with Crippen molar-refractivity contribution in [2.75, 3.05) is 31.1 Å². The van der Waals surface area contributed by atoms with E-state index >= 15 is 0 Å². The van der Waals surface area contributed by atoms with Crippen molar-refractivity contribution in [3.05, 3.63) is 70.3 Å². The molecule has 0 spiro atoms. The van der Waals surface area contributed by atoms with Crippen molar-refractivity contribution in [1.29, 1.82) is 0 Å². The van der Waals surface area contributed by atoms with E-state index in [2.05, 4.69) is 40.1 Å². The fraction of sp³-hybridized carbons (Fsp3) is 0.368. The summed E-state index contributed by atoms with van der Waals surface area (Å²) in [6.45, 7) is 5.42. The van der Waals surface area contributed by atoms with Gasteiger partial charge in [0, 0.05) is 50.5 Å². The fourth-order valence-electron chi connectivity index (χ4n) is 4.06. The maximum absolute atomic E-state index is 10.8. The molecule has 2 aromatic carbocycles. The van der Waals surface area contributed by atoms with Crippen LogP contribution in [-0.2, 0) is 6.54 Å². The topological polar surface area (TPSA) is 49.6 Å². The van der Waals surface area contributed by atoms with E-state index in [-0.39, 0.29) is 10.6 Å². The molecule has 24 heavy (non-hydrogen) atoms. The summed E-state index contributed by atoms with van der Waals surface area (Å²) in [6.07, 6.45) is 0. The number of hydrogen-bond donors (Lipinski definition) is 0. The summed E-state index contributed by atoms with van der Waals surface area (Å²) in [7, 11) is 0. The molecule has 2 aromatic rings. The second kappa shape index (κ2) is 6.24. The van der Waals surface area contributed by atoms with Crippen molar-refractivity contribution in [2.24, 2.45) is 11.8 Å². The van der Waals surface area contributed by atoms with Crippen LogP contribution in [0.1, 0.15) is 5.56 Å². The minimum Gasteiger partial charge on any atom is -0.371 e. The van der Waals surface area contributed by atoms with Gasteiger partial charge < -0.3 is 4.90 Å². The molecule has 124 valence electrons. The van der Waals surface area contributed by atoms with Crippen LogP contribution in [0.4, 0.5) is 11.4 Å². The van der Waals surface area contributed by atoms with Gasteiger partial charge in [-0.25, -0.2) is 0 Å². The molecule has 2 atom stereocenters. The van der Waals surface area contributed by atoms with Gasteiger partial charge in [-0.3, -0.25) is 15.0 Å². The Hall–Kier alpha value is -2.40. The summed E-state index contributed by atoms with van der Waals surface area (Å²) in [5, 5.41) is 10.8. The normalized spacial score (nSPS) is 23.4. The van der Waals surface area contributed by atoms with Gasteiger partial charge in [0.15, 0.2) is 0 Å². The van der Waals surface area contributed by atoms with Gasteiger partial charge in [-0.1, -0.05) is 30.3 Å². The van der Waals surface area contributed by atoms with Crippen LogP contribution in [0.25, 0.3) is 0 Å². The summed E-state index contributed by atoms with van der Waals surface area (Å²) in [4.78, 5) is 15.3. The Morgan fingerprint density at radius 3 is 2.12 bits per heavy atom. The average Bonchev–Trinajstić information content (AvgIpc) is 3.14. The molecule has 2 fully saturated rings. The molecule has 2 saturated heterocycles. The van der Waals surface area contributed by atoms with Crippen LogP contribution in [0.5, 0.6) is 0 Å². The lowest BCUT2D eigenvalue weighted by atomic mass is 10.0. The Balaban J connectivity index is 1.36. The zero-order valence-corrected chi connectivity index (χ0v) is 13.5. The van der Waals surface area contributed by atoms with Crippen LogP contribution in [0.15, 0.2) is 54.6 Å². The minimum absolute atomic E-state index is 0.159. The summed E-state index contributed by atoms with van der Waals surface area (Å²) in [6, 6.07) is 17.6. The van der Waals surface area contributed by atoms with Gasteiger partial charge >= 0.3 is 0 Å². The first kappa shape index (κ1) is 15.1. The third-order valence-corrected chi connectivity index (χ3v) is 5.24. The van der Waals surface area contributed by atoms with E-state index in [4.69, 9.17) is 0 Å². The van der Waals surface area contributed by atoms with E-state index in [0.29, 0.717) is 11.8 Å². The van der Waals surface area contributed by atoms with Gasteiger partial charge in [0.25, 0.3) is 5.69 Å². The second-order valence-electron chi connectivity index (χ2n) is 6.88. The Kier molecular flexibility index (Phi) is 3.94. The van der Waals surface area contributed by atoms with Crippen LogP contribution in [0.2, 0.25) is 0 Å². The summed E-state index contributed by atoms with van der Waals surface area (Å²) < 4.78 is 0. The molecule has 2 aliphatic rings. The third-order valence-electron chi connectivity index (χ3n) is 5.24. The number of nitrogens with zero attached hydrogens (tertiary/aromatic N) is 3. The number of non-ortho nitro benzene ring substituents is 1. The van der Waals surface area contributed by atoms with E-state index in [1.807, 2.05) is 12.1 Å². The molecule has 5 heteroatoms. The summed E-state index contributed by atoms with van der Waals surface area (Å²) in [5.41, 5.74) is 2.64. The predicted octanol–water partition coefficient (Wildman–Crippen LogP) is 3.16. The smallest absolute Gasteiger partial charge is 0.269 e. The standard InChI is InChI=1S/C19H21N3O2/c23-22(24)19-8-6-18(7-9-19)21-13-16-11-20(12-17(16)14-21)10-15-4-2-1-3-5-15/h1-9,16-17H,10-14H2. The molecular weight excluding hydrogens is 302 g/mol. The first-order chi connectivity index (χ1) is 11.7. The summed E-state index contributed by atoms with van der Waals surface area (Å²) >= 11 is 0. The van der Waals surface area contributed by atoms with Gasteiger partial charge in [-0.15, -0.1) is 0 Å². The highest BCUT2D eigenvalue weighted by molar-refractivity contribution is 5.52. The zero-order valence-electron chi connectivity index (χ0n) is 13.5. The Bertz CT molecular complexity index is 703. The SMILES string of the molecule is O=[N+]([O-])c1ccc(N2CC3CN(Cc4ccccc4)CC3C2)cc1. The molecule has 0 saturated carbocycles. The molecule has 2 unspecified atom stereocenters. The van der Waals surface area contributed by atoms with Gasteiger partial charge in [-0.2, -0.15) is 0 Å². The van der Waals surface area contributed by atoms with E-state index in [1.165, 1.54) is 5.56 Å². The molecular formula is C19H21N3O2. The Labute approximate surface area is 141 Å². The van der Waals surface area contributed by atoms with Crippen molar-refractivity contribution in [3.63, 3.8) is 0 Å². The van der Waals surface area contributed by atoms with E-state index < -0.39 is 0 Å². The first-order valence-corrected chi connectivity index (χ1v) is 8.45. The molecule has 4 rings (SSSR count). The molecule has 0 aliphatic carbocycles. The molecule has 0 N–H and O–H groups in total. The Morgan fingerprint density at radius 1 is 0.917 bits per heavy atom. The van der Waals surface area contributed by atoms with Gasteiger partial charge in [-0.05, 0) is 29.5 Å². The maximum atomic E-state index is 10.8. The quantitative estimate of drug-likeness (QED) is 0.640. The van der Waals surface area contributed by atoms with Crippen LogP contribution in [0, 0.1) is 22.0 Å². The first-order valence-electron chi connectivity index (χ1n) is 8.45. The Morgan fingerprint density at radius 2 is 1.54 bits per heavy atom. The lowest BCUT2D eigenvalue weighted by molar-refractivity contribution is -0.384. The third kappa shape index (κ3) is 2.99. The highest BCUT2D eigenvalue weighted by atomic mass is 16.6. The molecule has 2 heterocycles. The maximum Gasteiger partial charge on any atom is 0.269 e. The number of anilines is 1. The van der Waals surface area contributed by atoms with E-state index in [0.717, 1.165) is 38.4 Å². The number of benzene rings is 2. The minimum atomic E-state index is -0.343. The van der Waals surface area contributed by atoms with Gasteiger partial charge in [0.1, 0.15) is 0 Å². The van der Waals surface area contributed by atoms with Gasteiger partial charge in [0.2, 0.25) is 0 Å². The molecule has 0 radical (unpaired) electrons. The number of hydrogen-bond acceptors (Lipinski definition) is 4. The van der Waals surface area contributed by atoms with Crippen LogP contribution in [0.3, 0.4) is 0 Å². The fourth-order valence-corrected chi connectivity index (χ4v) is 4.06. The van der Waals surface area contributed by atoms with Crippen molar-refractivity contribution < 1.29 is 4.92 Å². The zero-order chi connectivity index (χ0) is 16.5. The van der Waals surface area contributed by atoms with Crippen molar-refractivity contribution in [3.8, 4) is 0 Å². The highest BCUT2D eigenvalue weighted by Crippen LogP contribution is 2.35. The summed E-state index contributed by atoms with van der Waals surface area (Å²) in [5.74, 6) is 1.40. The monoisotopic (exact) mass is 323 g/mol. The van der Waals surface area contributed by atoms with E-state index in [1.54, 1.807) is 12.1 Å². The highest BCUT2D eigenvalue weighted by Gasteiger charge is 2.39. The lowest BCUT2D eigenvalue weighted by Gasteiger charge is -2.23. The number of rotatable bonds is 4. The molecule has 0 amide bonds. The molecule has 0 bridgehead atoms. The molecule has 5 nitrogen and oxygen atoms in total. The lowest BCUT2D eigenvalue weighted by Crippen LogP contribution is -2.28. The molecule has 0 aromatic heterocycles.